The minimum atomic E-state index is -6.45. The molecule has 0 N–H and O–H groups in total. The van der Waals surface area contributed by atoms with Crippen LogP contribution in [0.3, 0.4) is 0 Å². The van der Waals surface area contributed by atoms with Crippen LogP contribution in [0.4, 0.5) is 36.4 Å². The summed E-state index contributed by atoms with van der Waals surface area (Å²) in [6, 6.07) is 3.87. The maximum atomic E-state index is 13.4. The fourth-order valence-electron chi connectivity index (χ4n) is 1.74. The summed E-state index contributed by atoms with van der Waals surface area (Å²) in [4.78, 5) is 9.71. The lowest BCUT2D eigenvalue weighted by Crippen LogP contribution is -2.52. The highest BCUT2D eigenvalue weighted by molar-refractivity contribution is 5.35. The summed E-state index contributed by atoms with van der Waals surface area (Å²) in [5.74, 6) is -11.7. The first kappa shape index (κ1) is 19.1. The molecular weight excluding hydrogens is 339 g/mol. The van der Waals surface area contributed by atoms with E-state index in [2.05, 4.69) is 4.74 Å². The van der Waals surface area contributed by atoms with E-state index in [4.69, 9.17) is 0 Å². The van der Waals surface area contributed by atoms with Crippen LogP contribution in [0.15, 0.2) is 24.3 Å². The molecular formula is C12H10F7NO3. The molecule has 0 aliphatic carbocycles. The Morgan fingerprint density at radius 1 is 1.17 bits per heavy atom. The maximum Gasteiger partial charge on any atom is 0.459 e. The second-order valence-electron chi connectivity index (χ2n) is 4.56. The summed E-state index contributed by atoms with van der Waals surface area (Å²) in [6.45, 7) is 0. The van der Waals surface area contributed by atoms with E-state index < -0.39 is 41.2 Å². The molecule has 0 amide bonds. The first-order chi connectivity index (χ1) is 10.3. The van der Waals surface area contributed by atoms with E-state index in [-0.39, 0.29) is 5.56 Å². The largest absolute Gasteiger partial charge is 0.459 e. The van der Waals surface area contributed by atoms with Crippen LogP contribution in [0.25, 0.3) is 0 Å². The molecule has 0 aliphatic heterocycles. The summed E-state index contributed by atoms with van der Waals surface area (Å²) in [7, 11) is 0.811. The Morgan fingerprint density at radius 2 is 1.74 bits per heavy atom. The molecule has 0 fully saturated rings. The van der Waals surface area contributed by atoms with E-state index in [1.165, 1.54) is 0 Å². The lowest BCUT2D eigenvalue weighted by Gasteiger charge is -2.30. The van der Waals surface area contributed by atoms with Crippen molar-refractivity contribution in [2.24, 2.45) is 0 Å². The van der Waals surface area contributed by atoms with Gasteiger partial charge in [-0.1, -0.05) is 12.1 Å². The van der Waals surface area contributed by atoms with Crippen LogP contribution in [0, 0.1) is 10.1 Å². The van der Waals surface area contributed by atoms with Gasteiger partial charge in [-0.2, -0.15) is 30.7 Å². The molecule has 1 rings (SSSR count). The summed E-state index contributed by atoms with van der Waals surface area (Å²) < 4.78 is 93.4. The van der Waals surface area contributed by atoms with Gasteiger partial charge in [0.05, 0.1) is 11.0 Å². The van der Waals surface area contributed by atoms with E-state index in [1.807, 2.05) is 0 Å². The number of hydrogen-bond acceptors (Lipinski definition) is 3. The van der Waals surface area contributed by atoms with E-state index >= 15 is 0 Å². The predicted molar refractivity (Wildman–Crippen MR) is 63.4 cm³/mol. The average Bonchev–Trinajstić information content (AvgIpc) is 2.43. The van der Waals surface area contributed by atoms with Crippen LogP contribution in [0.2, 0.25) is 0 Å². The summed E-state index contributed by atoms with van der Waals surface area (Å²) in [6.07, 6.45) is -10.3. The van der Waals surface area contributed by atoms with Crippen molar-refractivity contribution < 1.29 is 40.4 Å². The molecule has 4 nitrogen and oxygen atoms in total. The summed E-state index contributed by atoms with van der Waals surface area (Å²) in [5.41, 5.74) is -0.866. The van der Waals surface area contributed by atoms with E-state index in [1.54, 1.807) is 0 Å². The number of nitro groups is 1. The van der Waals surface area contributed by atoms with Crippen molar-refractivity contribution in [3.63, 3.8) is 0 Å². The van der Waals surface area contributed by atoms with E-state index in [9.17, 15) is 40.8 Å². The van der Waals surface area contributed by atoms with Gasteiger partial charge in [-0.05, 0) is 5.56 Å². The Morgan fingerprint density at radius 3 is 2.17 bits per heavy atom. The van der Waals surface area contributed by atoms with Crippen molar-refractivity contribution >= 4 is 5.69 Å². The van der Waals surface area contributed by atoms with Gasteiger partial charge in [0, 0.05) is 25.7 Å². The second-order valence-corrected chi connectivity index (χ2v) is 4.56. The molecule has 0 saturated carbocycles. The van der Waals surface area contributed by atoms with Crippen LogP contribution < -0.4 is 0 Å². The third-order valence-corrected chi connectivity index (χ3v) is 2.99. The molecule has 0 bridgehead atoms. The lowest BCUT2D eigenvalue weighted by atomic mass is 9.98. The second kappa shape index (κ2) is 6.30. The van der Waals surface area contributed by atoms with Crippen molar-refractivity contribution in [1.29, 1.82) is 0 Å². The van der Waals surface area contributed by atoms with Gasteiger partial charge in [0.1, 0.15) is 0 Å². The molecule has 0 heterocycles. The molecule has 0 spiro atoms. The van der Waals surface area contributed by atoms with Gasteiger partial charge in [-0.3, -0.25) is 10.1 Å². The fourth-order valence-corrected chi connectivity index (χ4v) is 1.74. The Balaban J connectivity index is 3.13. The molecule has 11 heteroatoms. The average molecular weight is 349 g/mol. The number of alkyl halides is 7. The van der Waals surface area contributed by atoms with Gasteiger partial charge in [-0.25, -0.2) is 0 Å². The molecule has 0 aliphatic rings. The minimum absolute atomic E-state index is 0.320. The number of hydrogen-bond donors (Lipinski definition) is 0. The molecule has 130 valence electrons. The third-order valence-electron chi connectivity index (χ3n) is 2.99. The van der Waals surface area contributed by atoms with Crippen LogP contribution >= 0.6 is 0 Å². The lowest BCUT2D eigenvalue weighted by molar-refractivity contribution is -0.385. The van der Waals surface area contributed by atoms with E-state index in [0.717, 1.165) is 31.4 Å². The van der Waals surface area contributed by atoms with Crippen molar-refractivity contribution in [2.45, 2.75) is 30.5 Å². The van der Waals surface area contributed by atoms with Gasteiger partial charge in [0.15, 0.2) is 0 Å². The third kappa shape index (κ3) is 3.89. The number of nitro benzene ring substituents is 1. The van der Waals surface area contributed by atoms with Crippen LogP contribution in [-0.2, 0) is 4.74 Å². The van der Waals surface area contributed by atoms with Gasteiger partial charge in [0.25, 0.3) is 5.69 Å². The van der Waals surface area contributed by atoms with Crippen LogP contribution in [-0.4, -0.2) is 30.1 Å². The molecule has 0 saturated heterocycles. The topological polar surface area (TPSA) is 52.4 Å². The first-order valence-electron chi connectivity index (χ1n) is 5.93. The number of benzene rings is 1. The highest BCUT2D eigenvalue weighted by Crippen LogP contribution is 2.50. The molecule has 1 aromatic rings. The summed E-state index contributed by atoms with van der Waals surface area (Å²) in [5, 5.41) is 10.6. The minimum Gasteiger partial charge on any atom is -0.377 e. The molecule has 0 aromatic heterocycles. The monoisotopic (exact) mass is 349 g/mol. The molecule has 1 atom stereocenters. The predicted octanol–water partition coefficient (Wildman–Crippen LogP) is 4.51. The first-order valence-corrected chi connectivity index (χ1v) is 5.93. The number of nitrogens with zero attached hydrogens (tertiary/aromatic N) is 1. The zero-order chi connectivity index (χ0) is 18.1. The Hall–Kier alpha value is -1.91. The van der Waals surface area contributed by atoms with Crippen molar-refractivity contribution in [3.05, 3.63) is 39.9 Å². The Kier molecular flexibility index (Phi) is 5.24. The number of non-ortho nitro benzene ring substituents is 1. The molecule has 0 radical (unpaired) electrons. The Labute approximate surface area is 125 Å². The molecule has 23 heavy (non-hydrogen) atoms. The van der Waals surface area contributed by atoms with E-state index in [0.29, 0.717) is 0 Å². The van der Waals surface area contributed by atoms with Gasteiger partial charge < -0.3 is 4.74 Å². The van der Waals surface area contributed by atoms with Crippen molar-refractivity contribution in [2.75, 3.05) is 7.11 Å². The highest BCUT2D eigenvalue weighted by Gasteiger charge is 2.73. The molecule has 1 unspecified atom stereocenters. The molecule has 1 aromatic carbocycles. The number of methoxy groups -OCH3 is 1. The van der Waals surface area contributed by atoms with Crippen molar-refractivity contribution in [3.8, 4) is 0 Å². The number of halogens is 7. The Bertz CT molecular complexity index is 574. The standard InChI is InChI=1S/C12H10F7NO3/c1-23-9(7-3-2-4-8(5-7)20(21)22)6-10(13,14)11(15,16)12(17,18)19/h2-5,9H,6H2,1H3. The van der Waals surface area contributed by atoms with Gasteiger partial charge in [-0.15, -0.1) is 0 Å². The zero-order valence-electron chi connectivity index (χ0n) is 11.4. The summed E-state index contributed by atoms with van der Waals surface area (Å²) >= 11 is 0. The van der Waals surface area contributed by atoms with Gasteiger partial charge in [0.2, 0.25) is 0 Å². The van der Waals surface area contributed by atoms with Crippen molar-refractivity contribution in [1.82, 2.24) is 0 Å². The zero-order valence-corrected chi connectivity index (χ0v) is 11.4. The smallest absolute Gasteiger partial charge is 0.377 e. The number of ether oxygens (including phenoxy) is 1. The quantitative estimate of drug-likeness (QED) is 0.431. The number of rotatable bonds is 6. The fraction of sp³-hybridized carbons (Fsp3) is 0.500. The SMILES string of the molecule is COC(CC(F)(F)C(F)(F)C(F)(F)F)c1cccc([N+](=O)[O-])c1. The van der Waals surface area contributed by atoms with Crippen LogP contribution in [0.5, 0.6) is 0 Å². The maximum absolute atomic E-state index is 13.4. The normalized spacial score (nSPS) is 14.6. The van der Waals surface area contributed by atoms with Gasteiger partial charge >= 0.3 is 18.0 Å². The highest BCUT2D eigenvalue weighted by atomic mass is 19.4. The van der Waals surface area contributed by atoms with Crippen LogP contribution in [0.1, 0.15) is 18.1 Å².